The van der Waals surface area contributed by atoms with Crippen LogP contribution in [0.5, 0.6) is 0 Å². The summed E-state index contributed by atoms with van der Waals surface area (Å²) in [5.41, 5.74) is 0.606. The lowest BCUT2D eigenvalue weighted by molar-refractivity contribution is 0.130. The van der Waals surface area contributed by atoms with Gasteiger partial charge in [0.1, 0.15) is 0 Å². The standard InChI is InChI=1S/C19H37N/c1-4-15-20-18(16-9-7-5-6-8-10-16)17-11-13-19(2,3)14-12-17/h16-18,20H,4-15H2,1-3H3. The molecule has 1 N–H and O–H groups in total. The fourth-order valence-electron chi connectivity index (χ4n) is 4.48. The molecule has 2 aliphatic rings. The quantitative estimate of drug-likeness (QED) is 0.651. The maximum atomic E-state index is 3.96. The van der Waals surface area contributed by atoms with Gasteiger partial charge in [-0.3, -0.25) is 0 Å². The highest BCUT2D eigenvalue weighted by Gasteiger charge is 2.34. The molecule has 1 unspecified atom stereocenters. The van der Waals surface area contributed by atoms with Crippen LogP contribution in [0, 0.1) is 17.3 Å². The molecule has 1 nitrogen and oxygen atoms in total. The zero-order valence-corrected chi connectivity index (χ0v) is 14.2. The maximum Gasteiger partial charge on any atom is 0.0124 e. The van der Waals surface area contributed by atoms with Gasteiger partial charge in [-0.1, -0.05) is 46.5 Å². The maximum absolute atomic E-state index is 3.96. The Kier molecular flexibility index (Phi) is 6.39. The largest absolute Gasteiger partial charge is 0.313 e. The molecule has 0 heterocycles. The Bertz CT molecular complexity index is 253. The first-order valence-corrected chi connectivity index (χ1v) is 9.36. The third-order valence-electron chi connectivity index (χ3n) is 5.93. The van der Waals surface area contributed by atoms with Gasteiger partial charge in [0.25, 0.3) is 0 Å². The molecule has 0 bridgehead atoms. The second-order valence-electron chi connectivity index (χ2n) is 8.23. The van der Waals surface area contributed by atoms with E-state index in [9.17, 15) is 0 Å². The van der Waals surface area contributed by atoms with E-state index in [2.05, 4.69) is 26.1 Å². The SMILES string of the molecule is CCCNC(C1CCCCCC1)C1CCC(C)(C)CC1. The molecule has 1 atom stereocenters. The molecular formula is C19H37N. The second-order valence-corrected chi connectivity index (χ2v) is 8.23. The molecule has 0 radical (unpaired) electrons. The summed E-state index contributed by atoms with van der Waals surface area (Å²) in [6.45, 7) is 8.45. The van der Waals surface area contributed by atoms with Crippen LogP contribution in [0.2, 0.25) is 0 Å². The van der Waals surface area contributed by atoms with Gasteiger partial charge in [0.05, 0.1) is 0 Å². The van der Waals surface area contributed by atoms with Crippen LogP contribution in [0.4, 0.5) is 0 Å². The Morgan fingerprint density at radius 2 is 1.45 bits per heavy atom. The lowest BCUT2D eigenvalue weighted by Crippen LogP contribution is -2.44. The Labute approximate surface area is 127 Å². The lowest BCUT2D eigenvalue weighted by atomic mass is 9.68. The average Bonchev–Trinajstić information content (AvgIpc) is 2.70. The van der Waals surface area contributed by atoms with Gasteiger partial charge in [-0.25, -0.2) is 0 Å². The van der Waals surface area contributed by atoms with Crippen molar-refractivity contribution in [3.05, 3.63) is 0 Å². The van der Waals surface area contributed by atoms with Crippen LogP contribution < -0.4 is 5.32 Å². The van der Waals surface area contributed by atoms with Crippen molar-refractivity contribution in [3.63, 3.8) is 0 Å². The second kappa shape index (κ2) is 7.82. The molecule has 0 spiro atoms. The van der Waals surface area contributed by atoms with Crippen molar-refractivity contribution in [2.75, 3.05) is 6.54 Å². The monoisotopic (exact) mass is 279 g/mol. The highest BCUT2D eigenvalue weighted by Crippen LogP contribution is 2.42. The van der Waals surface area contributed by atoms with E-state index in [1.165, 1.54) is 77.2 Å². The molecule has 2 saturated carbocycles. The Balaban J connectivity index is 1.95. The molecule has 118 valence electrons. The first-order valence-electron chi connectivity index (χ1n) is 9.36. The van der Waals surface area contributed by atoms with Crippen molar-refractivity contribution in [2.45, 2.75) is 97.4 Å². The first kappa shape index (κ1) is 16.3. The zero-order valence-electron chi connectivity index (χ0n) is 14.2. The molecule has 2 fully saturated rings. The summed E-state index contributed by atoms with van der Waals surface area (Å²) in [5.74, 6) is 1.92. The van der Waals surface area contributed by atoms with E-state index >= 15 is 0 Å². The molecular weight excluding hydrogens is 242 g/mol. The van der Waals surface area contributed by atoms with Crippen LogP contribution in [0.1, 0.15) is 91.4 Å². The minimum Gasteiger partial charge on any atom is -0.313 e. The van der Waals surface area contributed by atoms with Crippen LogP contribution in [0.25, 0.3) is 0 Å². The van der Waals surface area contributed by atoms with Crippen LogP contribution >= 0.6 is 0 Å². The van der Waals surface area contributed by atoms with Crippen LogP contribution in [0.15, 0.2) is 0 Å². The summed E-state index contributed by atoms with van der Waals surface area (Å²) in [6, 6.07) is 0.823. The van der Waals surface area contributed by atoms with Crippen LogP contribution in [0.3, 0.4) is 0 Å². The van der Waals surface area contributed by atoms with E-state index < -0.39 is 0 Å². The number of hydrogen-bond donors (Lipinski definition) is 1. The first-order chi connectivity index (χ1) is 9.62. The van der Waals surface area contributed by atoms with Gasteiger partial charge in [0.15, 0.2) is 0 Å². The summed E-state index contributed by atoms with van der Waals surface area (Å²) in [5, 5.41) is 3.96. The number of rotatable bonds is 5. The fourth-order valence-corrected chi connectivity index (χ4v) is 4.48. The van der Waals surface area contributed by atoms with Crippen LogP contribution in [-0.2, 0) is 0 Å². The molecule has 0 aromatic carbocycles. The van der Waals surface area contributed by atoms with E-state index in [0.29, 0.717) is 5.41 Å². The predicted molar refractivity (Wildman–Crippen MR) is 89.0 cm³/mol. The van der Waals surface area contributed by atoms with Crippen molar-refractivity contribution < 1.29 is 0 Å². The average molecular weight is 280 g/mol. The smallest absolute Gasteiger partial charge is 0.0124 e. The summed E-state index contributed by atoms with van der Waals surface area (Å²) < 4.78 is 0. The van der Waals surface area contributed by atoms with Crippen molar-refractivity contribution in [3.8, 4) is 0 Å². The molecule has 0 amide bonds. The molecule has 0 saturated heterocycles. The summed E-state index contributed by atoms with van der Waals surface area (Å²) in [6.07, 6.45) is 16.0. The van der Waals surface area contributed by atoms with Gasteiger partial charge in [-0.2, -0.15) is 0 Å². The van der Waals surface area contributed by atoms with Gasteiger partial charge in [-0.15, -0.1) is 0 Å². The molecule has 0 aliphatic heterocycles. The molecule has 20 heavy (non-hydrogen) atoms. The molecule has 1 heteroatoms. The van der Waals surface area contributed by atoms with Gasteiger partial charge in [0.2, 0.25) is 0 Å². The molecule has 2 rings (SSSR count). The summed E-state index contributed by atoms with van der Waals surface area (Å²) >= 11 is 0. The van der Waals surface area contributed by atoms with E-state index in [4.69, 9.17) is 0 Å². The topological polar surface area (TPSA) is 12.0 Å². The highest BCUT2D eigenvalue weighted by molar-refractivity contribution is 4.89. The van der Waals surface area contributed by atoms with E-state index in [1.54, 1.807) is 0 Å². The molecule has 0 aromatic rings. The van der Waals surface area contributed by atoms with Crippen LogP contribution in [-0.4, -0.2) is 12.6 Å². The third-order valence-corrected chi connectivity index (χ3v) is 5.93. The Hall–Kier alpha value is -0.0400. The molecule has 2 aliphatic carbocycles. The Morgan fingerprint density at radius 1 is 0.900 bits per heavy atom. The summed E-state index contributed by atoms with van der Waals surface area (Å²) in [4.78, 5) is 0. The highest BCUT2D eigenvalue weighted by atomic mass is 14.9. The van der Waals surface area contributed by atoms with E-state index in [0.717, 1.165) is 17.9 Å². The minimum atomic E-state index is 0.606. The Morgan fingerprint density at radius 3 is 2.00 bits per heavy atom. The van der Waals surface area contributed by atoms with E-state index in [1.807, 2.05) is 0 Å². The fraction of sp³-hybridized carbons (Fsp3) is 1.00. The van der Waals surface area contributed by atoms with Gasteiger partial charge < -0.3 is 5.32 Å². The van der Waals surface area contributed by atoms with Crippen molar-refractivity contribution in [1.29, 1.82) is 0 Å². The van der Waals surface area contributed by atoms with Gasteiger partial charge in [0, 0.05) is 6.04 Å². The van der Waals surface area contributed by atoms with Crippen molar-refractivity contribution in [2.24, 2.45) is 17.3 Å². The minimum absolute atomic E-state index is 0.606. The zero-order chi connectivity index (χ0) is 14.4. The number of nitrogens with one attached hydrogen (secondary N) is 1. The number of hydrogen-bond acceptors (Lipinski definition) is 1. The van der Waals surface area contributed by atoms with Gasteiger partial charge >= 0.3 is 0 Å². The third kappa shape index (κ3) is 4.76. The molecule has 0 aromatic heterocycles. The lowest BCUT2D eigenvalue weighted by Gasteiger charge is -2.41. The van der Waals surface area contributed by atoms with E-state index in [-0.39, 0.29) is 0 Å². The van der Waals surface area contributed by atoms with Crippen molar-refractivity contribution >= 4 is 0 Å². The normalized spacial score (nSPS) is 27.1. The summed E-state index contributed by atoms with van der Waals surface area (Å²) in [7, 11) is 0. The van der Waals surface area contributed by atoms with Gasteiger partial charge in [-0.05, 0) is 68.7 Å². The van der Waals surface area contributed by atoms with Crippen molar-refractivity contribution in [1.82, 2.24) is 5.32 Å². The predicted octanol–water partition coefficient (Wildman–Crippen LogP) is 5.54.